The maximum Gasteiger partial charge on any atom is 0.348 e. The molecule has 0 amide bonds. The molecule has 1 aromatic heterocycles. The number of rotatable bonds is 4. The van der Waals surface area contributed by atoms with Crippen LogP contribution in [0.2, 0.25) is 0 Å². The summed E-state index contributed by atoms with van der Waals surface area (Å²) < 4.78 is 5.18. The fourth-order valence-electron chi connectivity index (χ4n) is 1.83. The topological polar surface area (TPSA) is 55.1 Å². The fourth-order valence-corrected chi connectivity index (χ4v) is 1.83. The Bertz CT molecular complexity index is 602. The first-order valence-electron chi connectivity index (χ1n) is 6.22. The van der Waals surface area contributed by atoms with Gasteiger partial charge in [-0.05, 0) is 30.9 Å². The molecule has 2 rings (SSSR count). The van der Waals surface area contributed by atoms with Crippen molar-refractivity contribution >= 4 is 16.9 Å². The fraction of sp³-hybridized carbons (Fsp3) is 0.429. The standard InChI is InChI=1S/C14H18N2O2/c1-9(2)7-8-15-14-16-11-6-4-5-10(3)12(11)13(17)18-14/h4-6,9H,7-8H2,1-3H3,(H,15,16). The molecule has 1 aromatic carbocycles. The quantitative estimate of drug-likeness (QED) is 0.901. The number of aryl methyl sites for hydroxylation is 1. The highest BCUT2D eigenvalue weighted by molar-refractivity contribution is 5.81. The Morgan fingerprint density at radius 3 is 2.89 bits per heavy atom. The molecule has 0 saturated heterocycles. The van der Waals surface area contributed by atoms with E-state index in [0.29, 0.717) is 22.8 Å². The van der Waals surface area contributed by atoms with Crippen molar-refractivity contribution in [3.8, 4) is 0 Å². The van der Waals surface area contributed by atoms with Gasteiger partial charge >= 0.3 is 5.63 Å². The molecule has 4 nitrogen and oxygen atoms in total. The molecule has 0 atom stereocenters. The summed E-state index contributed by atoms with van der Waals surface area (Å²) in [7, 11) is 0. The third kappa shape index (κ3) is 2.70. The lowest BCUT2D eigenvalue weighted by atomic mass is 10.1. The van der Waals surface area contributed by atoms with Gasteiger partial charge in [0.15, 0.2) is 0 Å². The zero-order valence-electron chi connectivity index (χ0n) is 11.0. The van der Waals surface area contributed by atoms with Crippen molar-refractivity contribution in [3.63, 3.8) is 0 Å². The minimum absolute atomic E-state index is 0.304. The summed E-state index contributed by atoms with van der Waals surface area (Å²) in [4.78, 5) is 16.2. The molecule has 1 heterocycles. The lowest BCUT2D eigenvalue weighted by molar-refractivity contribution is 0.509. The lowest BCUT2D eigenvalue weighted by Gasteiger charge is -2.07. The largest absolute Gasteiger partial charge is 0.389 e. The van der Waals surface area contributed by atoms with E-state index >= 15 is 0 Å². The number of hydrogen-bond acceptors (Lipinski definition) is 4. The van der Waals surface area contributed by atoms with Crippen molar-refractivity contribution in [2.75, 3.05) is 11.9 Å². The second-order valence-corrected chi connectivity index (χ2v) is 4.88. The van der Waals surface area contributed by atoms with Crippen molar-refractivity contribution in [2.24, 2.45) is 5.92 Å². The normalized spacial score (nSPS) is 11.1. The molecule has 0 aliphatic heterocycles. The molecule has 0 spiro atoms. The van der Waals surface area contributed by atoms with Crippen LogP contribution in [0.1, 0.15) is 25.8 Å². The van der Waals surface area contributed by atoms with Crippen LogP contribution in [0.4, 0.5) is 6.01 Å². The molecular formula is C14H18N2O2. The van der Waals surface area contributed by atoms with Gasteiger partial charge in [0, 0.05) is 6.54 Å². The van der Waals surface area contributed by atoms with Crippen molar-refractivity contribution in [2.45, 2.75) is 27.2 Å². The lowest BCUT2D eigenvalue weighted by Crippen LogP contribution is -2.11. The van der Waals surface area contributed by atoms with Gasteiger partial charge in [-0.15, -0.1) is 0 Å². The maximum atomic E-state index is 11.9. The number of fused-ring (bicyclic) bond motifs is 1. The summed E-state index contributed by atoms with van der Waals surface area (Å²) in [5, 5.41) is 3.61. The molecule has 0 unspecified atom stereocenters. The van der Waals surface area contributed by atoms with Gasteiger partial charge in [0.05, 0.1) is 10.9 Å². The van der Waals surface area contributed by atoms with Crippen molar-refractivity contribution < 1.29 is 4.42 Å². The minimum Gasteiger partial charge on any atom is -0.389 e. The molecule has 4 heteroatoms. The first kappa shape index (κ1) is 12.6. The van der Waals surface area contributed by atoms with Gasteiger partial charge in [-0.2, -0.15) is 4.98 Å². The molecule has 0 bridgehead atoms. The Morgan fingerprint density at radius 1 is 1.39 bits per heavy atom. The number of aromatic nitrogens is 1. The van der Waals surface area contributed by atoms with Gasteiger partial charge in [-0.3, -0.25) is 0 Å². The summed E-state index contributed by atoms with van der Waals surface area (Å²) in [5.41, 5.74) is 1.24. The van der Waals surface area contributed by atoms with E-state index in [4.69, 9.17) is 4.42 Å². The van der Waals surface area contributed by atoms with Crippen LogP contribution in [0.5, 0.6) is 0 Å². The van der Waals surface area contributed by atoms with Crippen LogP contribution in [0.3, 0.4) is 0 Å². The second-order valence-electron chi connectivity index (χ2n) is 4.88. The van der Waals surface area contributed by atoms with Crippen LogP contribution < -0.4 is 10.9 Å². The smallest absolute Gasteiger partial charge is 0.348 e. The molecule has 96 valence electrons. The zero-order chi connectivity index (χ0) is 13.1. The van der Waals surface area contributed by atoms with Crippen LogP contribution in [0, 0.1) is 12.8 Å². The van der Waals surface area contributed by atoms with E-state index in [2.05, 4.69) is 24.1 Å². The second kappa shape index (κ2) is 5.21. The number of nitrogens with one attached hydrogen (secondary N) is 1. The average Bonchev–Trinajstić information content (AvgIpc) is 2.28. The zero-order valence-corrected chi connectivity index (χ0v) is 11.0. The van der Waals surface area contributed by atoms with Crippen molar-refractivity contribution in [1.29, 1.82) is 0 Å². The third-order valence-corrected chi connectivity index (χ3v) is 2.86. The molecule has 2 aromatic rings. The summed E-state index contributed by atoms with van der Waals surface area (Å²) in [6, 6.07) is 5.90. The number of benzene rings is 1. The van der Waals surface area contributed by atoms with Gasteiger partial charge in [0.1, 0.15) is 0 Å². The van der Waals surface area contributed by atoms with Crippen LogP contribution in [-0.4, -0.2) is 11.5 Å². The predicted molar refractivity (Wildman–Crippen MR) is 73.0 cm³/mol. The average molecular weight is 246 g/mol. The Kier molecular flexibility index (Phi) is 3.65. The van der Waals surface area contributed by atoms with E-state index in [1.807, 2.05) is 25.1 Å². The molecule has 0 aliphatic carbocycles. The Labute approximate surface area is 106 Å². The highest BCUT2D eigenvalue weighted by Gasteiger charge is 2.07. The Morgan fingerprint density at radius 2 is 2.17 bits per heavy atom. The SMILES string of the molecule is Cc1cccc2nc(NCCC(C)C)oc(=O)c12. The Balaban J connectivity index is 2.29. The third-order valence-electron chi connectivity index (χ3n) is 2.86. The minimum atomic E-state index is -0.329. The molecule has 0 radical (unpaired) electrons. The van der Waals surface area contributed by atoms with E-state index in [-0.39, 0.29) is 5.63 Å². The number of anilines is 1. The van der Waals surface area contributed by atoms with E-state index in [1.54, 1.807) is 0 Å². The van der Waals surface area contributed by atoms with Gasteiger partial charge in [-0.1, -0.05) is 26.0 Å². The molecule has 18 heavy (non-hydrogen) atoms. The summed E-state index contributed by atoms with van der Waals surface area (Å²) in [6.07, 6.45) is 1.01. The van der Waals surface area contributed by atoms with E-state index in [9.17, 15) is 4.79 Å². The molecular weight excluding hydrogens is 228 g/mol. The van der Waals surface area contributed by atoms with Crippen LogP contribution in [-0.2, 0) is 0 Å². The molecule has 1 N–H and O–H groups in total. The molecule has 0 saturated carbocycles. The predicted octanol–water partition coefficient (Wildman–Crippen LogP) is 2.95. The molecule has 0 fully saturated rings. The maximum absolute atomic E-state index is 11.9. The van der Waals surface area contributed by atoms with Crippen LogP contribution in [0.15, 0.2) is 27.4 Å². The van der Waals surface area contributed by atoms with Gasteiger partial charge in [-0.25, -0.2) is 4.79 Å². The highest BCUT2D eigenvalue weighted by atomic mass is 16.4. The van der Waals surface area contributed by atoms with Crippen molar-refractivity contribution in [3.05, 3.63) is 34.2 Å². The monoisotopic (exact) mass is 246 g/mol. The number of hydrogen-bond donors (Lipinski definition) is 1. The van der Waals surface area contributed by atoms with Crippen LogP contribution in [0.25, 0.3) is 10.9 Å². The van der Waals surface area contributed by atoms with Crippen molar-refractivity contribution in [1.82, 2.24) is 4.98 Å². The van der Waals surface area contributed by atoms with Crippen LogP contribution >= 0.6 is 0 Å². The van der Waals surface area contributed by atoms with Gasteiger partial charge in [0.2, 0.25) is 0 Å². The van der Waals surface area contributed by atoms with E-state index < -0.39 is 0 Å². The Hall–Kier alpha value is -1.84. The number of nitrogens with zero attached hydrogens (tertiary/aromatic N) is 1. The first-order chi connectivity index (χ1) is 8.58. The van der Waals surface area contributed by atoms with Gasteiger partial charge in [0.25, 0.3) is 6.01 Å². The highest BCUT2D eigenvalue weighted by Crippen LogP contribution is 2.14. The van der Waals surface area contributed by atoms with Gasteiger partial charge < -0.3 is 9.73 Å². The van der Waals surface area contributed by atoms with E-state index in [0.717, 1.165) is 18.5 Å². The summed E-state index contributed by atoms with van der Waals surface area (Å²) in [6.45, 7) is 6.93. The summed E-state index contributed by atoms with van der Waals surface area (Å²) >= 11 is 0. The summed E-state index contributed by atoms with van der Waals surface area (Å²) in [5.74, 6) is 0.604. The van der Waals surface area contributed by atoms with E-state index in [1.165, 1.54) is 0 Å². The first-order valence-corrected chi connectivity index (χ1v) is 6.22. The molecule has 0 aliphatic rings.